The van der Waals surface area contributed by atoms with Gasteiger partial charge in [-0.1, -0.05) is 19.9 Å². The molecule has 1 rings (SSSR count). The number of halogens is 1. The number of nitrogens with zero attached hydrogens (tertiary/aromatic N) is 2. The van der Waals surface area contributed by atoms with Crippen molar-refractivity contribution in [3.05, 3.63) is 22.4 Å². The van der Waals surface area contributed by atoms with Gasteiger partial charge in [0.1, 0.15) is 0 Å². The van der Waals surface area contributed by atoms with Crippen molar-refractivity contribution in [1.29, 1.82) is 0 Å². The number of nitrogens with one attached hydrogen (secondary N) is 2. The highest BCUT2D eigenvalue weighted by Crippen LogP contribution is 2.07. The maximum absolute atomic E-state index is 4.26. The lowest BCUT2D eigenvalue weighted by Gasteiger charge is -2.18. The van der Waals surface area contributed by atoms with E-state index in [9.17, 15) is 0 Å². The molecular weight excluding hydrogens is 407 g/mol. The Hall–Kier alpha value is -0.340. The van der Waals surface area contributed by atoms with Gasteiger partial charge in [0.15, 0.2) is 5.96 Å². The average Bonchev–Trinajstić information content (AvgIpc) is 3.02. The van der Waals surface area contributed by atoms with E-state index in [1.807, 2.05) is 18.4 Å². The summed E-state index contributed by atoms with van der Waals surface area (Å²) < 4.78 is 0. The molecular formula is C16H31IN4S. The van der Waals surface area contributed by atoms with Gasteiger partial charge < -0.3 is 15.5 Å². The molecule has 4 nitrogen and oxygen atoms in total. The van der Waals surface area contributed by atoms with Crippen LogP contribution in [0.2, 0.25) is 0 Å². The van der Waals surface area contributed by atoms with Gasteiger partial charge in [0, 0.05) is 25.0 Å². The topological polar surface area (TPSA) is 39.7 Å². The Morgan fingerprint density at radius 3 is 2.50 bits per heavy atom. The lowest BCUT2D eigenvalue weighted by Crippen LogP contribution is -2.38. The Kier molecular flexibility index (Phi) is 14.0. The zero-order chi connectivity index (χ0) is 15.3. The molecule has 1 aromatic rings. The zero-order valence-corrected chi connectivity index (χ0v) is 17.2. The van der Waals surface area contributed by atoms with E-state index in [0.29, 0.717) is 0 Å². The molecule has 22 heavy (non-hydrogen) atoms. The SMILES string of the molecule is CCN(CC)CCCCNC(=NC)NCCc1cccs1.I. The van der Waals surface area contributed by atoms with Crippen LogP contribution >= 0.6 is 35.3 Å². The van der Waals surface area contributed by atoms with E-state index in [1.54, 1.807) is 0 Å². The van der Waals surface area contributed by atoms with Crippen LogP contribution in [0.1, 0.15) is 31.6 Å². The Balaban J connectivity index is 0.00000441. The second-order valence-electron chi connectivity index (χ2n) is 4.99. The number of unbranched alkanes of at least 4 members (excludes halogenated alkanes) is 1. The fraction of sp³-hybridized carbons (Fsp3) is 0.688. The van der Waals surface area contributed by atoms with Crippen LogP contribution in [0.3, 0.4) is 0 Å². The number of hydrogen-bond acceptors (Lipinski definition) is 3. The molecule has 0 aliphatic carbocycles. The molecule has 0 spiro atoms. The van der Waals surface area contributed by atoms with E-state index in [1.165, 1.54) is 24.3 Å². The maximum Gasteiger partial charge on any atom is 0.190 e. The number of rotatable bonds is 10. The van der Waals surface area contributed by atoms with Crippen LogP contribution in [0.25, 0.3) is 0 Å². The number of thiophene rings is 1. The van der Waals surface area contributed by atoms with Crippen molar-refractivity contribution < 1.29 is 0 Å². The van der Waals surface area contributed by atoms with Gasteiger partial charge in [-0.2, -0.15) is 0 Å². The molecule has 0 saturated heterocycles. The minimum atomic E-state index is 0. The quantitative estimate of drug-likeness (QED) is 0.255. The Morgan fingerprint density at radius 2 is 1.91 bits per heavy atom. The standard InChI is InChI=1S/C16H30N4S.HI/c1-4-20(5-2)13-7-6-11-18-16(17-3)19-12-10-15-9-8-14-21-15;/h8-9,14H,4-7,10-13H2,1-3H3,(H2,17,18,19);1H. The molecule has 0 aliphatic rings. The highest BCUT2D eigenvalue weighted by molar-refractivity contribution is 14.0. The summed E-state index contributed by atoms with van der Waals surface area (Å²) in [6.45, 7) is 9.85. The summed E-state index contributed by atoms with van der Waals surface area (Å²) >= 11 is 1.81. The summed E-state index contributed by atoms with van der Waals surface area (Å²) in [4.78, 5) is 8.14. The molecule has 2 N–H and O–H groups in total. The molecule has 0 amide bonds. The summed E-state index contributed by atoms with van der Waals surface area (Å²) in [5, 5.41) is 8.87. The second kappa shape index (κ2) is 14.3. The third-order valence-corrected chi connectivity index (χ3v) is 4.49. The summed E-state index contributed by atoms with van der Waals surface area (Å²) in [6.07, 6.45) is 3.48. The normalized spacial score (nSPS) is 11.4. The first-order chi connectivity index (χ1) is 10.3. The Bertz CT molecular complexity index is 378. The van der Waals surface area contributed by atoms with Gasteiger partial charge in [0.2, 0.25) is 0 Å². The summed E-state index contributed by atoms with van der Waals surface area (Å²) in [7, 11) is 1.83. The van der Waals surface area contributed by atoms with Crippen molar-refractivity contribution in [2.75, 3.05) is 39.8 Å². The molecule has 128 valence electrons. The van der Waals surface area contributed by atoms with Crippen LogP contribution in [0.5, 0.6) is 0 Å². The van der Waals surface area contributed by atoms with Crippen molar-refractivity contribution in [3.8, 4) is 0 Å². The predicted octanol–water partition coefficient (Wildman–Crippen LogP) is 3.20. The van der Waals surface area contributed by atoms with Gasteiger partial charge in [-0.3, -0.25) is 4.99 Å². The average molecular weight is 438 g/mol. The van der Waals surface area contributed by atoms with E-state index in [0.717, 1.165) is 38.6 Å². The van der Waals surface area contributed by atoms with Crippen molar-refractivity contribution >= 4 is 41.3 Å². The first kappa shape index (κ1) is 21.7. The predicted molar refractivity (Wildman–Crippen MR) is 110 cm³/mol. The van der Waals surface area contributed by atoms with Crippen LogP contribution in [0.15, 0.2) is 22.5 Å². The first-order valence-electron chi connectivity index (χ1n) is 7.99. The Morgan fingerprint density at radius 1 is 1.18 bits per heavy atom. The lowest BCUT2D eigenvalue weighted by molar-refractivity contribution is 0.297. The van der Waals surface area contributed by atoms with Gasteiger partial charge >= 0.3 is 0 Å². The molecule has 0 bridgehead atoms. The van der Waals surface area contributed by atoms with E-state index in [4.69, 9.17) is 0 Å². The molecule has 0 aliphatic heterocycles. The van der Waals surface area contributed by atoms with Crippen molar-refractivity contribution in [3.63, 3.8) is 0 Å². The van der Waals surface area contributed by atoms with Crippen molar-refractivity contribution in [2.45, 2.75) is 33.1 Å². The molecule has 0 radical (unpaired) electrons. The van der Waals surface area contributed by atoms with Crippen LogP contribution in [-0.4, -0.2) is 50.6 Å². The second-order valence-corrected chi connectivity index (χ2v) is 6.02. The van der Waals surface area contributed by atoms with Gasteiger partial charge in [-0.15, -0.1) is 35.3 Å². The summed E-state index contributed by atoms with van der Waals surface area (Å²) in [5.41, 5.74) is 0. The van der Waals surface area contributed by atoms with Gasteiger partial charge in [0.05, 0.1) is 0 Å². The monoisotopic (exact) mass is 438 g/mol. The molecule has 0 aromatic carbocycles. The minimum absolute atomic E-state index is 0. The highest BCUT2D eigenvalue weighted by atomic mass is 127. The summed E-state index contributed by atoms with van der Waals surface area (Å²) in [5.74, 6) is 0.911. The third kappa shape index (κ3) is 9.63. The van der Waals surface area contributed by atoms with E-state index < -0.39 is 0 Å². The number of aliphatic imine (C=N–C) groups is 1. The highest BCUT2D eigenvalue weighted by Gasteiger charge is 2.00. The van der Waals surface area contributed by atoms with Crippen LogP contribution in [-0.2, 0) is 6.42 Å². The zero-order valence-electron chi connectivity index (χ0n) is 14.1. The van der Waals surface area contributed by atoms with Crippen LogP contribution in [0, 0.1) is 0 Å². The lowest BCUT2D eigenvalue weighted by atomic mass is 10.3. The first-order valence-corrected chi connectivity index (χ1v) is 8.87. The van der Waals surface area contributed by atoms with E-state index in [-0.39, 0.29) is 24.0 Å². The van der Waals surface area contributed by atoms with Gasteiger partial charge in [-0.05, 0) is 50.3 Å². The molecule has 0 saturated carbocycles. The fourth-order valence-electron chi connectivity index (χ4n) is 2.19. The molecule has 0 unspecified atom stereocenters. The Labute approximate surface area is 156 Å². The van der Waals surface area contributed by atoms with Crippen molar-refractivity contribution in [2.24, 2.45) is 4.99 Å². The van der Waals surface area contributed by atoms with Gasteiger partial charge in [0.25, 0.3) is 0 Å². The smallest absolute Gasteiger partial charge is 0.190 e. The molecule has 0 fully saturated rings. The number of hydrogen-bond donors (Lipinski definition) is 2. The minimum Gasteiger partial charge on any atom is -0.356 e. The van der Waals surface area contributed by atoms with Gasteiger partial charge in [-0.25, -0.2) is 0 Å². The molecule has 0 atom stereocenters. The maximum atomic E-state index is 4.26. The number of guanidine groups is 1. The summed E-state index contributed by atoms with van der Waals surface area (Å²) in [6, 6.07) is 4.28. The fourth-order valence-corrected chi connectivity index (χ4v) is 2.90. The van der Waals surface area contributed by atoms with Crippen LogP contribution < -0.4 is 10.6 Å². The molecule has 6 heteroatoms. The van der Waals surface area contributed by atoms with Crippen LogP contribution in [0.4, 0.5) is 0 Å². The van der Waals surface area contributed by atoms with E-state index >= 15 is 0 Å². The molecule has 1 aromatic heterocycles. The van der Waals surface area contributed by atoms with E-state index in [2.05, 4.69) is 51.9 Å². The molecule has 1 heterocycles. The largest absolute Gasteiger partial charge is 0.356 e. The third-order valence-electron chi connectivity index (χ3n) is 3.56. The van der Waals surface area contributed by atoms with Crippen molar-refractivity contribution in [1.82, 2.24) is 15.5 Å².